The third-order valence-corrected chi connectivity index (χ3v) is 6.26. The van der Waals surface area contributed by atoms with E-state index in [1.165, 1.54) is 70.6 Å². The van der Waals surface area contributed by atoms with Crippen molar-refractivity contribution in [3.63, 3.8) is 0 Å². The minimum atomic E-state index is -1.18. The highest BCUT2D eigenvalue weighted by Crippen LogP contribution is 2.45. The molecular weight excluding hydrogens is 382 g/mol. The van der Waals surface area contributed by atoms with Gasteiger partial charge in [0.25, 0.3) is 0 Å². The Morgan fingerprint density at radius 2 is 1.33 bits per heavy atom. The van der Waals surface area contributed by atoms with E-state index in [1.807, 2.05) is 0 Å². The lowest BCUT2D eigenvalue weighted by Crippen LogP contribution is -2.41. The van der Waals surface area contributed by atoms with E-state index in [-0.39, 0.29) is 18.7 Å². The van der Waals surface area contributed by atoms with Crippen molar-refractivity contribution in [3.05, 3.63) is 0 Å². The second-order valence-corrected chi connectivity index (χ2v) is 9.01. The molecule has 1 rings (SSSR count). The van der Waals surface area contributed by atoms with Crippen molar-refractivity contribution < 1.29 is 24.6 Å². The van der Waals surface area contributed by atoms with Crippen LogP contribution in [0.4, 0.5) is 0 Å². The maximum absolute atomic E-state index is 11.9. The largest absolute Gasteiger partial charge is 0.481 e. The third-order valence-electron chi connectivity index (χ3n) is 6.26. The molecule has 0 radical (unpaired) electrons. The Morgan fingerprint density at radius 1 is 0.800 bits per heavy atom. The monoisotopic (exact) mass is 425 g/mol. The molecule has 0 heterocycles. The van der Waals surface area contributed by atoms with Crippen LogP contribution >= 0.6 is 0 Å². The predicted molar refractivity (Wildman–Crippen MR) is 118 cm³/mol. The minimum Gasteiger partial charge on any atom is -0.481 e. The Balaban J connectivity index is 1.93. The van der Waals surface area contributed by atoms with Crippen molar-refractivity contribution in [2.24, 2.45) is 11.8 Å². The van der Waals surface area contributed by atoms with Crippen LogP contribution in [0, 0.1) is 11.8 Å². The van der Waals surface area contributed by atoms with Gasteiger partial charge in [-0.3, -0.25) is 9.59 Å². The maximum atomic E-state index is 11.9. The van der Waals surface area contributed by atoms with Crippen molar-refractivity contribution in [1.29, 1.82) is 0 Å². The number of hydrogen-bond acceptors (Lipinski definition) is 3. The molecule has 0 aliphatic heterocycles. The van der Waals surface area contributed by atoms with Crippen LogP contribution in [0.25, 0.3) is 0 Å². The molecule has 1 aliphatic carbocycles. The molecule has 0 aromatic heterocycles. The van der Waals surface area contributed by atoms with Gasteiger partial charge in [-0.15, -0.1) is 0 Å². The number of rotatable bonds is 20. The van der Waals surface area contributed by atoms with Crippen LogP contribution in [-0.4, -0.2) is 34.1 Å². The zero-order chi connectivity index (χ0) is 22.2. The van der Waals surface area contributed by atoms with Crippen LogP contribution in [0.15, 0.2) is 0 Å². The first-order valence-corrected chi connectivity index (χ1v) is 12.2. The lowest BCUT2D eigenvalue weighted by atomic mass is 10.0. The first kappa shape index (κ1) is 26.4. The summed E-state index contributed by atoms with van der Waals surface area (Å²) in [4.78, 5) is 33.5. The molecule has 3 atom stereocenters. The van der Waals surface area contributed by atoms with E-state index in [9.17, 15) is 14.4 Å². The molecule has 0 aromatic rings. The van der Waals surface area contributed by atoms with Crippen LogP contribution in [-0.2, 0) is 14.4 Å². The highest BCUT2D eigenvalue weighted by atomic mass is 16.4. The summed E-state index contributed by atoms with van der Waals surface area (Å²) < 4.78 is 0. The standard InChI is InChI=1S/C24H43NO5/c1-2-3-4-5-7-10-13-19-18-20(19)14-11-8-6-9-12-15-22(26)25-21(24(29)30)16-17-23(27)28/h19-21H,2-18H2,1H3,(H,25,26)(H,27,28)(H,29,30). The minimum absolute atomic E-state index is 0.0859. The molecule has 0 saturated heterocycles. The van der Waals surface area contributed by atoms with Gasteiger partial charge in [0.05, 0.1) is 0 Å². The van der Waals surface area contributed by atoms with E-state index in [1.54, 1.807) is 0 Å². The van der Waals surface area contributed by atoms with E-state index in [2.05, 4.69) is 12.2 Å². The zero-order valence-corrected chi connectivity index (χ0v) is 18.9. The maximum Gasteiger partial charge on any atom is 0.326 e. The smallest absolute Gasteiger partial charge is 0.326 e. The summed E-state index contributed by atoms with van der Waals surface area (Å²) in [6, 6.07) is -1.11. The Kier molecular flexibility index (Phi) is 14.2. The van der Waals surface area contributed by atoms with Crippen LogP contribution in [0.5, 0.6) is 0 Å². The molecular formula is C24H43NO5. The van der Waals surface area contributed by atoms with Gasteiger partial charge in [-0.05, 0) is 31.1 Å². The molecule has 3 unspecified atom stereocenters. The fourth-order valence-electron chi connectivity index (χ4n) is 4.22. The predicted octanol–water partition coefficient (Wildman–Crippen LogP) is 5.54. The van der Waals surface area contributed by atoms with Gasteiger partial charge in [-0.2, -0.15) is 0 Å². The summed E-state index contributed by atoms with van der Waals surface area (Å²) in [5.41, 5.74) is 0. The normalized spacial score (nSPS) is 18.7. The topological polar surface area (TPSA) is 104 Å². The molecule has 3 N–H and O–H groups in total. The van der Waals surface area contributed by atoms with Crippen LogP contribution in [0.3, 0.4) is 0 Å². The molecule has 1 fully saturated rings. The number of unbranched alkanes of at least 4 members (excludes halogenated alkanes) is 9. The Hall–Kier alpha value is -1.59. The fraction of sp³-hybridized carbons (Fsp3) is 0.875. The quantitative estimate of drug-likeness (QED) is 0.222. The van der Waals surface area contributed by atoms with Crippen molar-refractivity contribution in [2.75, 3.05) is 0 Å². The number of carboxylic acid groups (broad SMARTS) is 2. The van der Waals surface area contributed by atoms with Crippen LogP contribution in [0.2, 0.25) is 0 Å². The van der Waals surface area contributed by atoms with E-state index in [4.69, 9.17) is 10.2 Å². The van der Waals surface area contributed by atoms with Gasteiger partial charge < -0.3 is 15.5 Å². The molecule has 174 valence electrons. The molecule has 30 heavy (non-hydrogen) atoms. The van der Waals surface area contributed by atoms with Gasteiger partial charge in [0.15, 0.2) is 0 Å². The number of nitrogens with one attached hydrogen (secondary N) is 1. The van der Waals surface area contributed by atoms with E-state index < -0.39 is 18.0 Å². The number of carbonyl (C=O) groups excluding carboxylic acids is 1. The van der Waals surface area contributed by atoms with E-state index in [0.29, 0.717) is 6.42 Å². The number of carbonyl (C=O) groups is 3. The average molecular weight is 426 g/mol. The molecule has 1 amide bonds. The molecule has 1 aliphatic rings. The average Bonchev–Trinajstić information content (AvgIpc) is 3.44. The molecule has 6 heteroatoms. The second-order valence-electron chi connectivity index (χ2n) is 9.01. The molecule has 0 spiro atoms. The highest BCUT2D eigenvalue weighted by molar-refractivity contribution is 5.83. The number of aliphatic carboxylic acids is 2. The zero-order valence-electron chi connectivity index (χ0n) is 18.9. The Bertz CT molecular complexity index is 508. The Labute approximate surface area is 182 Å². The summed E-state index contributed by atoms with van der Waals surface area (Å²) in [7, 11) is 0. The molecule has 0 bridgehead atoms. The van der Waals surface area contributed by atoms with Gasteiger partial charge in [0.1, 0.15) is 6.04 Å². The summed E-state index contributed by atoms with van der Waals surface area (Å²) in [6.07, 6.45) is 17.8. The summed E-state index contributed by atoms with van der Waals surface area (Å²) in [5.74, 6) is -0.591. The van der Waals surface area contributed by atoms with Gasteiger partial charge in [-0.25, -0.2) is 4.79 Å². The van der Waals surface area contributed by atoms with E-state index in [0.717, 1.165) is 31.1 Å². The second kappa shape index (κ2) is 16.1. The summed E-state index contributed by atoms with van der Waals surface area (Å²) in [5, 5.41) is 20.1. The van der Waals surface area contributed by atoms with Crippen molar-refractivity contribution in [2.45, 2.75) is 122 Å². The molecule has 6 nitrogen and oxygen atoms in total. The van der Waals surface area contributed by atoms with Gasteiger partial charge >= 0.3 is 11.9 Å². The van der Waals surface area contributed by atoms with Gasteiger partial charge in [-0.1, -0.05) is 84.0 Å². The SMILES string of the molecule is CCCCCCCCC1CC1CCCCCCCC(=O)NC(CCC(=O)O)C(=O)O. The van der Waals surface area contributed by atoms with Crippen LogP contribution in [0.1, 0.15) is 116 Å². The summed E-state index contributed by atoms with van der Waals surface area (Å²) >= 11 is 0. The number of hydrogen-bond donors (Lipinski definition) is 3. The van der Waals surface area contributed by atoms with Gasteiger partial charge in [0.2, 0.25) is 5.91 Å². The van der Waals surface area contributed by atoms with E-state index >= 15 is 0 Å². The molecule has 1 saturated carbocycles. The number of carboxylic acids is 2. The van der Waals surface area contributed by atoms with Gasteiger partial charge in [0, 0.05) is 12.8 Å². The first-order valence-electron chi connectivity index (χ1n) is 12.2. The van der Waals surface area contributed by atoms with Crippen molar-refractivity contribution in [1.82, 2.24) is 5.32 Å². The first-order chi connectivity index (χ1) is 14.4. The lowest BCUT2D eigenvalue weighted by Gasteiger charge is -2.13. The lowest BCUT2D eigenvalue weighted by molar-refractivity contribution is -0.143. The third kappa shape index (κ3) is 13.6. The summed E-state index contributed by atoms with van der Waals surface area (Å²) in [6.45, 7) is 2.26. The number of amides is 1. The van der Waals surface area contributed by atoms with Crippen molar-refractivity contribution >= 4 is 17.8 Å². The Morgan fingerprint density at radius 3 is 1.87 bits per heavy atom. The van der Waals surface area contributed by atoms with Crippen LogP contribution < -0.4 is 5.32 Å². The highest BCUT2D eigenvalue weighted by Gasteiger charge is 2.35. The molecule has 0 aromatic carbocycles. The van der Waals surface area contributed by atoms with Crippen molar-refractivity contribution in [3.8, 4) is 0 Å². The fourth-order valence-corrected chi connectivity index (χ4v) is 4.22.